The van der Waals surface area contributed by atoms with E-state index in [0.29, 0.717) is 0 Å². The lowest BCUT2D eigenvalue weighted by atomic mass is 10.0. The van der Waals surface area contributed by atoms with Gasteiger partial charge in [-0.15, -0.1) is 0 Å². The highest BCUT2D eigenvalue weighted by Gasteiger charge is 2.15. The maximum Gasteiger partial charge on any atom is 0.0464 e. The molecule has 0 atom stereocenters. The summed E-state index contributed by atoms with van der Waals surface area (Å²) >= 11 is 0. The van der Waals surface area contributed by atoms with Crippen molar-refractivity contribution in [2.45, 2.75) is 26.7 Å². The van der Waals surface area contributed by atoms with Crippen LogP contribution >= 0.6 is 0 Å². The molecule has 0 radical (unpaired) electrons. The van der Waals surface area contributed by atoms with Crippen molar-refractivity contribution < 1.29 is 0 Å². The summed E-state index contributed by atoms with van der Waals surface area (Å²) in [5.74, 6) is 0. The van der Waals surface area contributed by atoms with Crippen LogP contribution < -0.4 is 9.80 Å². The Morgan fingerprint density at radius 1 is 0.333 bits per heavy atom. The van der Waals surface area contributed by atoms with Gasteiger partial charge in [0.2, 0.25) is 0 Å². The lowest BCUT2D eigenvalue weighted by molar-refractivity contribution is 1.12. The Balaban J connectivity index is 1.33. The van der Waals surface area contributed by atoms with Crippen LogP contribution in [0.2, 0.25) is 0 Å². The molecule has 0 fully saturated rings. The molecule has 42 heavy (non-hydrogen) atoms. The molecule has 0 saturated carbocycles. The first-order valence-corrected chi connectivity index (χ1v) is 14.8. The van der Waals surface area contributed by atoms with E-state index in [1.165, 1.54) is 33.6 Å². The van der Waals surface area contributed by atoms with Crippen LogP contribution in [0.3, 0.4) is 0 Å². The first kappa shape index (κ1) is 27.1. The van der Waals surface area contributed by atoms with Crippen LogP contribution in [0, 0.1) is 0 Å². The Morgan fingerprint density at radius 3 is 1.05 bits per heavy atom. The highest BCUT2D eigenvalue weighted by atomic mass is 15.1. The number of benzene rings is 6. The molecule has 0 aliphatic carbocycles. The van der Waals surface area contributed by atoms with E-state index in [9.17, 15) is 0 Å². The minimum Gasteiger partial charge on any atom is -0.311 e. The van der Waals surface area contributed by atoms with Crippen LogP contribution in [0.15, 0.2) is 158 Å². The van der Waals surface area contributed by atoms with Crippen molar-refractivity contribution in [2.75, 3.05) is 9.80 Å². The Hall–Kier alpha value is -5.08. The first-order chi connectivity index (χ1) is 20.7. The van der Waals surface area contributed by atoms with E-state index < -0.39 is 0 Å². The van der Waals surface area contributed by atoms with Gasteiger partial charge in [0, 0.05) is 34.1 Å². The van der Waals surface area contributed by atoms with Crippen LogP contribution in [0.25, 0.3) is 11.1 Å². The minimum atomic E-state index is 1.01. The Bertz CT molecular complexity index is 1640. The fourth-order valence-corrected chi connectivity index (χ4v) is 5.49. The summed E-state index contributed by atoms with van der Waals surface area (Å²) in [4.78, 5) is 4.66. The molecule has 6 aromatic rings. The third kappa shape index (κ3) is 5.84. The van der Waals surface area contributed by atoms with Crippen molar-refractivity contribution in [3.05, 3.63) is 169 Å². The van der Waals surface area contributed by atoms with E-state index in [0.717, 1.165) is 35.6 Å². The molecule has 0 aliphatic heterocycles. The summed E-state index contributed by atoms with van der Waals surface area (Å²) in [5, 5.41) is 0. The molecule has 206 valence electrons. The molecule has 2 nitrogen and oxygen atoms in total. The van der Waals surface area contributed by atoms with Crippen LogP contribution in [0.4, 0.5) is 34.1 Å². The molecular weight excluding hydrogens is 508 g/mol. The van der Waals surface area contributed by atoms with Gasteiger partial charge in [0.1, 0.15) is 0 Å². The fourth-order valence-electron chi connectivity index (χ4n) is 5.49. The second-order valence-corrected chi connectivity index (χ2v) is 10.5. The Morgan fingerprint density at radius 2 is 0.667 bits per heavy atom. The van der Waals surface area contributed by atoms with Crippen LogP contribution in [0.5, 0.6) is 0 Å². The zero-order valence-electron chi connectivity index (χ0n) is 24.3. The van der Waals surface area contributed by atoms with Crippen LogP contribution in [-0.2, 0) is 12.8 Å². The van der Waals surface area contributed by atoms with Crippen LogP contribution in [-0.4, -0.2) is 0 Å². The Labute approximate surface area is 250 Å². The maximum absolute atomic E-state index is 2.36. The molecule has 0 bridgehead atoms. The molecule has 0 aromatic heterocycles. The number of aryl methyl sites for hydroxylation is 2. The number of hydrogen-bond donors (Lipinski definition) is 0. The molecular formula is C40H36N2. The zero-order chi connectivity index (χ0) is 28.7. The van der Waals surface area contributed by atoms with E-state index in [1.54, 1.807) is 0 Å². The van der Waals surface area contributed by atoms with Crippen molar-refractivity contribution in [1.82, 2.24) is 0 Å². The van der Waals surface area contributed by atoms with E-state index in [2.05, 4.69) is 181 Å². The summed E-state index contributed by atoms with van der Waals surface area (Å²) in [6, 6.07) is 56.6. The van der Waals surface area contributed by atoms with Gasteiger partial charge >= 0.3 is 0 Å². The van der Waals surface area contributed by atoms with E-state index >= 15 is 0 Å². The summed E-state index contributed by atoms with van der Waals surface area (Å²) < 4.78 is 0. The minimum absolute atomic E-state index is 1.01. The van der Waals surface area contributed by atoms with E-state index in [4.69, 9.17) is 0 Å². The van der Waals surface area contributed by atoms with Gasteiger partial charge in [-0.25, -0.2) is 0 Å². The van der Waals surface area contributed by atoms with Gasteiger partial charge in [-0.05, 0) is 108 Å². The number of anilines is 6. The fraction of sp³-hybridized carbons (Fsp3) is 0.100. The van der Waals surface area contributed by atoms with E-state index in [-0.39, 0.29) is 0 Å². The van der Waals surface area contributed by atoms with Crippen molar-refractivity contribution in [2.24, 2.45) is 0 Å². The van der Waals surface area contributed by atoms with Gasteiger partial charge in [-0.3, -0.25) is 0 Å². The van der Waals surface area contributed by atoms with E-state index in [1.807, 2.05) is 0 Å². The third-order valence-corrected chi connectivity index (χ3v) is 7.77. The summed E-state index contributed by atoms with van der Waals surface area (Å²) in [6.45, 7) is 4.42. The number of rotatable bonds is 9. The smallest absolute Gasteiger partial charge is 0.0464 e. The quantitative estimate of drug-likeness (QED) is 0.179. The summed E-state index contributed by atoms with van der Waals surface area (Å²) in [7, 11) is 0. The first-order valence-electron chi connectivity index (χ1n) is 14.8. The zero-order valence-corrected chi connectivity index (χ0v) is 24.3. The normalized spacial score (nSPS) is 10.8. The third-order valence-electron chi connectivity index (χ3n) is 7.77. The van der Waals surface area contributed by atoms with Crippen molar-refractivity contribution in [1.29, 1.82) is 0 Å². The predicted molar refractivity (Wildman–Crippen MR) is 180 cm³/mol. The Kier molecular flexibility index (Phi) is 8.14. The van der Waals surface area contributed by atoms with Gasteiger partial charge < -0.3 is 9.80 Å². The molecule has 0 amide bonds. The molecule has 0 spiro atoms. The molecule has 2 heteroatoms. The molecule has 0 aliphatic rings. The number of para-hydroxylation sites is 2. The van der Waals surface area contributed by atoms with Crippen molar-refractivity contribution in [3.8, 4) is 11.1 Å². The maximum atomic E-state index is 2.36. The second kappa shape index (κ2) is 12.6. The lowest BCUT2D eigenvalue weighted by Crippen LogP contribution is -2.10. The lowest BCUT2D eigenvalue weighted by Gasteiger charge is -2.27. The molecule has 0 heterocycles. The number of hydrogen-bond acceptors (Lipinski definition) is 2. The summed E-state index contributed by atoms with van der Waals surface area (Å²) in [6.07, 6.45) is 2.02. The monoisotopic (exact) mass is 544 g/mol. The van der Waals surface area contributed by atoms with Gasteiger partial charge in [0.15, 0.2) is 0 Å². The molecule has 6 aromatic carbocycles. The molecule has 0 saturated heterocycles. The highest BCUT2D eigenvalue weighted by molar-refractivity contribution is 5.81. The summed E-state index contributed by atoms with van der Waals surface area (Å²) in [5.41, 5.74) is 12.0. The molecule has 0 unspecified atom stereocenters. The predicted octanol–water partition coefficient (Wildman–Crippen LogP) is 11.4. The standard InChI is InChI=1S/C40H36N2/c1-3-31-13-11-19-39(29-31)42(40-20-12-14-32(4-2)30-40)38-27-23-34(24-28-38)33-21-25-37(26-22-33)41(35-15-7-5-8-16-35)36-17-9-6-10-18-36/h5-30H,3-4H2,1-2H3. The van der Waals surface area contributed by atoms with Crippen LogP contribution in [0.1, 0.15) is 25.0 Å². The highest BCUT2D eigenvalue weighted by Crippen LogP contribution is 2.38. The van der Waals surface area contributed by atoms with Gasteiger partial charge in [0.05, 0.1) is 0 Å². The second-order valence-electron chi connectivity index (χ2n) is 10.5. The topological polar surface area (TPSA) is 6.48 Å². The van der Waals surface area contributed by atoms with Gasteiger partial charge in [-0.2, -0.15) is 0 Å². The SMILES string of the molecule is CCc1cccc(N(c2ccc(-c3ccc(N(c4ccccc4)c4ccccc4)cc3)cc2)c2cccc(CC)c2)c1. The average molecular weight is 545 g/mol. The molecule has 6 rings (SSSR count). The average Bonchev–Trinajstić information content (AvgIpc) is 3.07. The number of nitrogens with zero attached hydrogens (tertiary/aromatic N) is 2. The largest absolute Gasteiger partial charge is 0.311 e. The van der Waals surface area contributed by atoms with Gasteiger partial charge in [0.25, 0.3) is 0 Å². The van der Waals surface area contributed by atoms with Gasteiger partial charge in [-0.1, -0.05) is 98.8 Å². The molecule has 0 N–H and O–H groups in total. The van der Waals surface area contributed by atoms with Crippen molar-refractivity contribution >= 4 is 34.1 Å². The van der Waals surface area contributed by atoms with Crippen molar-refractivity contribution in [3.63, 3.8) is 0 Å².